The molecule has 5 rings (SSSR count). The molecule has 2 aliphatic rings. The van der Waals surface area contributed by atoms with Gasteiger partial charge in [-0.3, -0.25) is 9.78 Å². The number of H-pyrrole nitrogens is 1. The van der Waals surface area contributed by atoms with Gasteiger partial charge in [-0.15, -0.1) is 0 Å². The Morgan fingerprint density at radius 3 is 2.79 bits per heavy atom. The molecule has 2 aliphatic heterocycles. The summed E-state index contributed by atoms with van der Waals surface area (Å²) >= 11 is 0. The molecule has 1 amide bonds. The molecule has 0 spiro atoms. The summed E-state index contributed by atoms with van der Waals surface area (Å²) in [5.74, 6) is 1.53. The fourth-order valence-corrected chi connectivity index (χ4v) is 3.50. The molecule has 1 aromatic carbocycles. The van der Waals surface area contributed by atoms with E-state index in [1.807, 2.05) is 48.6 Å². The van der Waals surface area contributed by atoms with E-state index in [-0.39, 0.29) is 5.91 Å². The summed E-state index contributed by atoms with van der Waals surface area (Å²) in [4.78, 5) is 19.8. The van der Waals surface area contributed by atoms with Crippen LogP contribution in [0, 0.1) is 0 Å². The van der Waals surface area contributed by atoms with Crippen molar-refractivity contribution >= 4 is 18.1 Å². The summed E-state index contributed by atoms with van der Waals surface area (Å²) in [7, 11) is 0. The minimum absolute atomic E-state index is 0.0171. The zero-order valence-corrected chi connectivity index (χ0v) is 15.2. The van der Waals surface area contributed by atoms with Crippen molar-refractivity contribution in [3.8, 4) is 22.8 Å². The van der Waals surface area contributed by atoms with Crippen LogP contribution in [-0.4, -0.2) is 35.6 Å². The number of hydrogen-bond donors (Lipinski definition) is 2. The predicted octanol–water partition coefficient (Wildman–Crippen LogP) is 3.30. The highest BCUT2D eigenvalue weighted by Gasteiger charge is 2.20. The van der Waals surface area contributed by atoms with Gasteiger partial charge in [-0.1, -0.05) is 12.1 Å². The second kappa shape index (κ2) is 6.88. The number of carbonyl (C=O) groups is 1. The first-order valence-electron chi connectivity index (χ1n) is 9.30. The van der Waals surface area contributed by atoms with Gasteiger partial charge in [-0.25, -0.2) is 0 Å². The van der Waals surface area contributed by atoms with Gasteiger partial charge in [0.2, 0.25) is 0 Å². The Balaban J connectivity index is 1.40. The van der Waals surface area contributed by atoms with E-state index in [1.54, 1.807) is 6.20 Å². The van der Waals surface area contributed by atoms with Crippen LogP contribution in [0.15, 0.2) is 42.6 Å². The van der Waals surface area contributed by atoms with E-state index in [9.17, 15) is 4.79 Å². The van der Waals surface area contributed by atoms with E-state index in [0.29, 0.717) is 19.8 Å². The van der Waals surface area contributed by atoms with Crippen LogP contribution in [0.3, 0.4) is 0 Å². The maximum absolute atomic E-state index is 12.0. The number of nitrogens with zero attached hydrogens (tertiary/aromatic N) is 1. The monoisotopic (exact) mass is 373 g/mol. The van der Waals surface area contributed by atoms with Crippen LogP contribution in [0.4, 0.5) is 0 Å². The number of benzene rings is 1. The number of fused-ring (bicyclic) bond motifs is 2. The Morgan fingerprint density at radius 2 is 1.89 bits per heavy atom. The number of carbonyl (C=O) groups excluding carboxylic acids is 1. The van der Waals surface area contributed by atoms with Gasteiger partial charge in [0.15, 0.2) is 11.5 Å². The average Bonchev–Trinajstić information content (AvgIpc) is 3.18. The lowest BCUT2D eigenvalue weighted by atomic mass is 10.1. The van der Waals surface area contributed by atoms with E-state index in [4.69, 9.17) is 9.47 Å². The first-order valence-corrected chi connectivity index (χ1v) is 9.30. The zero-order chi connectivity index (χ0) is 18.9. The number of aromatic nitrogens is 2. The molecule has 2 aromatic heterocycles. The van der Waals surface area contributed by atoms with Crippen LogP contribution in [0.25, 0.3) is 23.4 Å². The van der Waals surface area contributed by atoms with Crippen molar-refractivity contribution in [1.29, 1.82) is 0 Å². The van der Waals surface area contributed by atoms with Gasteiger partial charge in [0.05, 0.1) is 11.3 Å². The molecule has 4 heterocycles. The van der Waals surface area contributed by atoms with Crippen molar-refractivity contribution in [2.75, 3.05) is 19.8 Å². The van der Waals surface area contributed by atoms with Gasteiger partial charge in [0, 0.05) is 36.1 Å². The molecule has 0 aliphatic carbocycles. The molecule has 28 heavy (non-hydrogen) atoms. The van der Waals surface area contributed by atoms with Crippen molar-refractivity contribution in [1.82, 2.24) is 15.3 Å². The molecule has 0 atom stereocenters. The maximum Gasteiger partial charge on any atom is 0.253 e. The number of hydrogen-bond acceptors (Lipinski definition) is 4. The molecular weight excluding hydrogens is 354 g/mol. The van der Waals surface area contributed by atoms with Crippen LogP contribution < -0.4 is 14.8 Å². The minimum atomic E-state index is -0.0171. The highest BCUT2D eigenvalue weighted by atomic mass is 16.6. The van der Waals surface area contributed by atoms with Gasteiger partial charge in [0.25, 0.3) is 5.91 Å². The molecule has 0 saturated carbocycles. The lowest BCUT2D eigenvalue weighted by Gasteiger charge is -2.18. The molecule has 6 nitrogen and oxygen atoms in total. The Hall–Kier alpha value is -3.54. The molecule has 2 N–H and O–H groups in total. The van der Waals surface area contributed by atoms with Crippen LogP contribution in [0.2, 0.25) is 0 Å². The summed E-state index contributed by atoms with van der Waals surface area (Å²) < 4.78 is 11.2. The zero-order valence-electron chi connectivity index (χ0n) is 15.2. The Morgan fingerprint density at radius 1 is 1.00 bits per heavy atom. The van der Waals surface area contributed by atoms with Crippen LogP contribution in [0.5, 0.6) is 11.5 Å². The molecule has 0 fully saturated rings. The van der Waals surface area contributed by atoms with Crippen LogP contribution >= 0.6 is 0 Å². The van der Waals surface area contributed by atoms with Crippen molar-refractivity contribution in [3.05, 3.63) is 65.1 Å². The van der Waals surface area contributed by atoms with E-state index >= 15 is 0 Å². The molecule has 0 bridgehead atoms. The third-order valence-corrected chi connectivity index (χ3v) is 4.91. The van der Waals surface area contributed by atoms with Crippen molar-refractivity contribution in [2.45, 2.75) is 6.42 Å². The molecule has 0 unspecified atom stereocenters. The summed E-state index contributed by atoms with van der Waals surface area (Å²) in [6.45, 7) is 1.83. The summed E-state index contributed by atoms with van der Waals surface area (Å²) in [5.41, 5.74) is 5.50. The first kappa shape index (κ1) is 16.6. The van der Waals surface area contributed by atoms with Crippen molar-refractivity contribution in [2.24, 2.45) is 0 Å². The standard InChI is InChI=1S/C22H19N3O3/c26-22-17-13-19(25-18(17)6-8-24-22)15-5-7-23-16(12-15)3-1-14-2-4-20-21(11-14)28-10-9-27-20/h1-5,7,11-13,25H,6,8-10H2,(H,24,26). The molecular formula is C22H19N3O3. The Bertz CT molecular complexity index is 1080. The fraction of sp³-hybridized carbons (Fsp3) is 0.182. The topological polar surface area (TPSA) is 76.2 Å². The van der Waals surface area contributed by atoms with E-state index in [0.717, 1.165) is 51.7 Å². The fourth-order valence-electron chi connectivity index (χ4n) is 3.50. The predicted molar refractivity (Wildman–Crippen MR) is 106 cm³/mol. The third kappa shape index (κ3) is 3.13. The normalized spacial score (nSPS) is 15.4. The summed E-state index contributed by atoms with van der Waals surface area (Å²) in [5, 5.41) is 2.87. The second-order valence-corrected chi connectivity index (χ2v) is 6.79. The maximum atomic E-state index is 12.0. The highest BCUT2D eigenvalue weighted by Crippen LogP contribution is 2.31. The molecule has 0 saturated heterocycles. The molecule has 140 valence electrons. The molecule has 6 heteroatoms. The van der Waals surface area contributed by atoms with E-state index < -0.39 is 0 Å². The van der Waals surface area contributed by atoms with Crippen LogP contribution in [0.1, 0.15) is 27.3 Å². The van der Waals surface area contributed by atoms with Gasteiger partial charge in [0.1, 0.15) is 13.2 Å². The lowest BCUT2D eigenvalue weighted by Crippen LogP contribution is -2.31. The third-order valence-electron chi connectivity index (χ3n) is 4.91. The lowest BCUT2D eigenvalue weighted by molar-refractivity contribution is 0.0946. The molecule has 0 radical (unpaired) electrons. The van der Waals surface area contributed by atoms with Gasteiger partial charge in [-0.05, 0) is 42.0 Å². The first-order chi connectivity index (χ1) is 13.8. The van der Waals surface area contributed by atoms with E-state index in [1.165, 1.54) is 0 Å². The van der Waals surface area contributed by atoms with Crippen LogP contribution in [-0.2, 0) is 6.42 Å². The average molecular weight is 373 g/mol. The minimum Gasteiger partial charge on any atom is -0.486 e. The summed E-state index contributed by atoms with van der Waals surface area (Å²) in [6, 6.07) is 11.7. The summed E-state index contributed by atoms with van der Waals surface area (Å²) in [6.07, 6.45) is 6.56. The number of nitrogens with one attached hydrogen (secondary N) is 2. The Kier molecular flexibility index (Phi) is 4.09. The molecule has 3 aromatic rings. The number of ether oxygens (including phenoxy) is 2. The van der Waals surface area contributed by atoms with Gasteiger partial charge >= 0.3 is 0 Å². The smallest absolute Gasteiger partial charge is 0.253 e. The number of amides is 1. The van der Waals surface area contributed by atoms with Crippen molar-refractivity contribution in [3.63, 3.8) is 0 Å². The van der Waals surface area contributed by atoms with Gasteiger partial charge in [-0.2, -0.15) is 0 Å². The largest absolute Gasteiger partial charge is 0.486 e. The number of rotatable bonds is 3. The van der Waals surface area contributed by atoms with Crippen molar-refractivity contribution < 1.29 is 14.3 Å². The van der Waals surface area contributed by atoms with Gasteiger partial charge < -0.3 is 19.8 Å². The Labute approximate surface area is 162 Å². The van der Waals surface area contributed by atoms with E-state index in [2.05, 4.69) is 15.3 Å². The number of aromatic amines is 1. The second-order valence-electron chi connectivity index (χ2n) is 6.79. The number of pyridine rings is 1. The highest BCUT2D eigenvalue weighted by molar-refractivity contribution is 5.97. The quantitative estimate of drug-likeness (QED) is 0.739. The SMILES string of the molecule is O=C1NCCc2[nH]c(-c3ccnc(C=Cc4ccc5c(c4)OCCO5)c3)cc21.